The lowest BCUT2D eigenvalue weighted by atomic mass is 10.2. The number of amides is 1. The highest BCUT2D eigenvalue weighted by Gasteiger charge is 2.14. The molecule has 0 aromatic heterocycles. The maximum atomic E-state index is 11.6. The molecule has 0 bridgehead atoms. The predicted molar refractivity (Wildman–Crippen MR) is 82.8 cm³/mol. The number of carbonyl (C=O) groups excluding carboxylic acids is 1. The van der Waals surface area contributed by atoms with Gasteiger partial charge in [-0.2, -0.15) is 0 Å². The maximum Gasteiger partial charge on any atom is 0.231 e. The summed E-state index contributed by atoms with van der Waals surface area (Å²) >= 11 is 0. The number of hydrogen-bond donors (Lipinski definition) is 2. The third kappa shape index (κ3) is 5.25. The fourth-order valence-electron chi connectivity index (χ4n) is 1.87. The van der Waals surface area contributed by atoms with Gasteiger partial charge in [0.1, 0.15) is 12.4 Å². The Hall–Kier alpha value is -1.70. The minimum atomic E-state index is -0.250. The van der Waals surface area contributed by atoms with Crippen LogP contribution < -0.4 is 25.3 Å². The summed E-state index contributed by atoms with van der Waals surface area (Å²) in [5.74, 6) is 1.94. The number of hydrogen-bond acceptors (Lipinski definition) is 6. The Labute approximate surface area is 135 Å². The molecule has 22 heavy (non-hydrogen) atoms. The standard InChI is InChI=1S/C14H20N2O5.ClH/c1-18-11(8-15)7-14(17)16-4-5-19-10-2-3-12-13(6-10)21-9-20-12;/h2-3,6,11H,4-5,7-9,15H2,1H3,(H,16,17);1H. The number of benzene rings is 1. The first-order chi connectivity index (χ1) is 10.2. The van der Waals surface area contributed by atoms with E-state index >= 15 is 0 Å². The van der Waals surface area contributed by atoms with Crippen molar-refractivity contribution in [2.45, 2.75) is 12.5 Å². The van der Waals surface area contributed by atoms with Gasteiger partial charge in [-0.15, -0.1) is 12.4 Å². The largest absolute Gasteiger partial charge is 0.492 e. The fourth-order valence-corrected chi connectivity index (χ4v) is 1.87. The monoisotopic (exact) mass is 332 g/mol. The summed E-state index contributed by atoms with van der Waals surface area (Å²) in [4.78, 5) is 11.6. The summed E-state index contributed by atoms with van der Waals surface area (Å²) in [6.07, 6.45) is -0.00316. The van der Waals surface area contributed by atoms with Crippen LogP contribution in [0.1, 0.15) is 6.42 Å². The molecule has 0 saturated carbocycles. The number of halogens is 1. The number of carbonyl (C=O) groups is 1. The lowest BCUT2D eigenvalue weighted by molar-refractivity contribution is -0.123. The molecule has 1 amide bonds. The summed E-state index contributed by atoms with van der Waals surface area (Å²) in [5, 5.41) is 2.75. The maximum absolute atomic E-state index is 11.6. The highest BCUT2D eigenvalue weighted by atomic mass is 35.5. The van der Waals surface area contributed by atoms with Crippen molar-refractivity contribution in [3.8, 4) is 17.2 Å². The van der Waals surface area contributed by atoms with E-state index in [2.05, 4.69) is 5.32 Å². The van der Waals surface area contributed by atoms with E-state index in [-0.39, 0.29) is 37.6 Å². The van der Waals surface area contributed by atoms with Crippen LogP contribution in [0.5, 0.6) is 17.2 Å². The van der Waals surface area contributed by atoms with Crippen molar-refractivity contribution in [1.29, 1.82) is 0 Å². The summed E-state index contributed by atoms with van der Waals surface area (Å²) in [6.45, 7) is 1.33. The highest BCUT2D eigenvalue weighted by Crippen LogP contribution is 2.34. The molecule has 1 aromatic rings. The fraction of sp³-hybridized carbons (Fsp3) is 0.500. The third-order valence-corrected chi connectivity index (χ3v) is 3.05. The molecule has 0 saturated heterocycles. The van der Waals surface area contributed by atoms with E-state index in [0.717, 1.165) is 0 Å². The van der Waals surface area contributed by atoms with E-state index in [0.29, 0.717) is 36.9 Å². The molecule has 0 fully saturated rings. The van der Waals surface area contributed by atoms with E-state index in [4.69, 9.17) is 24.7 Å². The molecule has 124 valence electrons. The Kier molecular flexibility index (Phi) is 7.79. The van der Waals surface area contributed by atoms with Crippen molar-refractivity contribution < 1.29 is 23.7 Å². The first kappa shape index (κ1) is 18.3. The van der Waals surface area contributed by atoms with Crippen molar-refractivity contribution in [3.05, 3.63) is 18.2 Å². The highest BCUT2D eigenvalue weighted by molar-refractivity contribution is 5.85. The number of nitrogens with two attached hydrogens (primary N) is 1. The molecule has 2 rings (SSSR count). The van der Waals surface area contributed by atoms with Gasteiger partial charge in [0.15, 0.2) is 11.5 Å². The van der Waals surface area contributed by atoms with Gasteiger partial charge in [0.05, 0.1) is 19.1 Å². The number of ether oxygens (including phenoxy) is 4. The number of fused-ring (bicyclic) bond motifs is 1. The van der Waals surface area contributed by atoms with Gasteiger partial charge in [-0.1, -0.05) is 0 Å². The molecule has 0 aliphatic carbocycles. The van der Waals surface area contributed by atoms with Crippen molar-refractivity contribution in [2.75, 3.05) is 33.6 Å². The molecule has 1 aliphatic heterocycles. The first-order valence-electron chi connectivity index (χ1n) is 6.75. The van der Waals surface area contributed by atoms with Gasteiger partial charge >= 0.3 is 0 Å². The molecule has 7 nitrogen and oxygen atoms in total. The SMILES string of the molecule is COC(CN)CC(=O)NCCOc1ccc2c(c1)OCO2.Cl. The van der Waals surface area contributed by atoms with Crippen molar-refractivity contribution >= 4 is 18.3 Å². The summed E-state index contributed by atoms with van der Waals surface area (Å²) in [5.41, 5.74) is 5.46. The van der Waals surface area contributed by atoms with E-state index in [1.807, 2.05) is 0 Å². The Morgan fingerprint density at radius 3 is 2.91 bits per heavy atom. The van der Waals surface area contributed by atoms with Gasteiger partial charge in [0.2, 0.25) is 12.7 Å². The average Bonchev–Trinajstić information content (AvgIpc) is 2.96. The van der Waals surface area contributed by atoms with Crippen LogP contribution in [0, 0.1) is 0 Å². The lowest BCUT2D eigenvalue weighted by Gasteiger charge is -2.13. The van der Waals surface area contributed by atoms with Gasteiger partial charge in [-0.25, -0.2) is 0 Å². The van der Waals surface area contributed by atoms with Gasteiger partial charge in [0.25, 0.3) is 0 Å². The van der Waals surface area contributed by atoms with E-state index in [9.17, 15) is 4.79 Å². The molecule has 0 spiro atoms. The minimum absolute atomic E-state index is 0. The molecule has 1 aliphatic rings. The van der Waals surface area contributed by atoms with E-state index in [1.54, 1.807) is 18.2 Å². The Bertz CT molecular complexity index is 482. The third-order valence-electron chi connectivity index (χ3n) is 3.05. The predicted octanol–water partition coefficient (Wildman–Crippen LogP) is 0.696. The van der Waals surface area contributed by atoms with Crippen molar-refractivity contribution in [1.82, 2.24) is 5.32 Å². The first-order valence-corrected chi connectivity index (χ1v) is 6.75. The summed E-state index contributed by atoms with van der Waals surface area (Å²) < 4.78 is 21.0. The van der Waals surface area contributed by atoms with Crippen LogP contribution in [0.15, 0.2) is 18.2 Å². The smallest absolute Gasteiger partial charge is 0.231 e. The van der Waals surface area contributed by atoms with Crippen LogP contribution in [-0.4, -0.2) is 45.6 Å². The molecule has 8 heteroatoms. The van der Waals surface area contributed by atoms with Gasteiger partial charge < -0.3 is 30.0 Å². The number of nitrogens with one attached hydrogen (secondary N) is 1. The Balaban J connectivity index is 0.00000242. The molecule has 1 unspecified atom stereocenters. The Morgan fingerprint density at radius 1 is 1.41 bits per heavy atom. The average molecular weight is 333 g/mol. The van der Waals surface area contributed by atoms with E-state index in [1.165, 1.54) is 7.11 Å². The molecule has 1 atom stereocenters. The number of methoxy groups -OCH3 is 1. The molecule has 1 heterocycles. The molecule has 0 radical (unpaired) electrons. The summed E-state index contributed by atoms with van der Waals surface area (Å²) in [7, 11) is 1.54. The van der Waals surface area contributed by atoms with Crippen LogP contribution >= 0.6 is 12.4 Å². The molecule has 3 N–H and O–H groups in total. The van der Waals surface area contributed by atoms with Crippen LogP contribution in [-0.2, 0) is 9.53 Å². The quantitative estimate of drug-likeness (QED) is 0.681. The molecular formula is C14H21ClN2O5. The van der Waals surface area contributed by atoms with Gasteiger partial charge in [-0.3, -0.25) is 4.79 Å². The summed E-state index contributed by atoms with van der Waals surface area (Å²) in [6, 6.07) is 5.35. The van der Waals surface area contributed by atoms with Crippen LogP contribution in [0.3, 0.4) is 0 Å². The zero-order valence-corrected chi connectivity index (χ0v) is 13.2. The molecule has 1 aromatic carbocycles. The zero-order valence-electron chi connectivity index (χ0n) is 12.4. The Morgan fingerprint density at radius 2 is 2.18 bits per heavy atom. The normalized spacial score (nSPS) is 13.2. The minimum Gasteiger partial charge on any atom is -0.492 e. The second kappa shape index (κ2) is 9.34. The van der Waals surface area contributed by atoms with Crippen molar-refractivity contribution in [3.63, 3.8) is 0 Å². The topological polar surface area (TPSA) is 92.0 Å². The van der Waals surface area contributed by atoms with E-state index < -0.39 is 0 Å². The van der Waals surface area contributed by atoms with Crippen molar-refractivity contribution in [2.24, 2.45) is 5.73 Å². The number of rotatable bonds is 8. The second-order valence-corrected chi connectivity index (χ2v) is 4.51. The second-order valence-electron chi connectivity index (χ2n) is 4.51. The zero-order chi connectivity index (χ0) is 15.1. The van der Waals surface area contributed by atoms with Gasteiger partial charge in [0, 0.05) is 19.7 Å². The van der Waals surface area contributed by atoms with Crippen LogP contribution in [0.25, 0.3) is 0 Å². The van der Waals surface area contributed by atoms with Gasteiger partial charge in [-0.05, 0) is 12.1 Å². The molecular weight excluding hydrogens is 312 g/mol. The van der Waals surface area contributed by atoms with Crippen LogP contribution in [0.4, 0.5) is 0 Å². The van der Waals surface area contributed by atoms with Crippen LogP contribution in [0.2, 0.25) is 0 Å². The lowest BCUT2D eigenvalue weighted by Crippen LogP contribution is -2.34.